The molecule has 3 unspecified atom stereocenters. The van der Waals surface area contributed by atoms with Crippen LogP contribution in [0.4, 0.5) is 0 Å². The minimum absolute atomic E-state index is 0.217. The zero-order valence-electron chi connectivity index (χ0n) is 10.8. The fourth-order valence-corrected chi connectivity index (χ4v) is 3.66. The van der Waals surface area contributed by atoms with Crippen molar-refractivity contribution < 1.29 is 5.11 Å². The molecule has 3 atom stereocenters. The van der Waals surface area contributed by atoms with Crippen molar-refractivity contribution in [3.8, 4) is 0 Å². The number of hydrogen-bond donors (Lipinski definition) is 1. The van der Waals surface area contributed by atoms with E-state index in [4.69, 9.17) is 0 Å². The SMILES string of the molecule is OC(C1Cc2ccccc21)C1CCc2cccnc21. The van der Waals surface area contributed by atoms with Gasteiger partial charge in [0.05, 0.1) is 6.10 Å². The van der Waals surface area contributed by atoms with Crippen LogP contribution in [0.1, 0.15) is 40.6 Å². The molecule has 2 nitrogen and oxygen atoms in total. The van der Waals surface area contributed by atoms with Crippen molar-refractivity contribution in [2.24, 2.45) is 0 Å². The number of benzene rings is 1. The average molecular weight is 251 g/mol. The summed E-state index contributed by atoms with van der Waals surface area (Å²) < 4.78 is 0. The molecule has 1 heterocycles. The fourth-order valence-electron chi connectivity index (χ4n) is 3.66. The van der Waals surface area contributed by atoms with Crippen LogP contribution >= 0.6 is 0 Å². The third-order valence-corrected chi connectivity index (χ3v) is 4.72. The molecule has 0 radical (unpaired) electrons. The smallest absolute Gasteiger partial charge is 0.0695 e. The van der Waals surface area contributed by atoms with Gasteiger partial charge in [0.25, 0.3) is 0 Å². The molecule has 1 N–H and O–H groups in total. The van der Waals surface area contributed by atoms with E-state index in [1.165, 1.54) is 16.7 Å². The highest BCUT2D eigenvalue weighted by Gasteiger charge is 2.39. The molecule has 1 aromatic heterocycles. The Kier molecular flexibility index (Phi) is 2.46. The second-order valence-electron chi connectivity index (χ2n) is 5.69. The second-order valence-corrected chi connectivity index (χ2v) is 5.69. The average Bonchev–Trinajstić information content (AvgIpc) is 2.84. The van der Waals surface area contributed by atoms with E-state index in [0.29, 0.717) is 5.92 Å². The maximum absolute atomic E-state index is 10.7. The lowest BCUT2D eigenvalue weighted by atomic mass is 9.71. The van der Waals surface area contributed by atoms with Gasteiger partial charge < -0.3 is 5.11 Å². The van der Waals surface area contributed by atoms with Crippen molar-refractivity contribution in [3.63, 3.8) is 0 Å². The van der Waals surface area contributed by atoms with Gasteiger partial charge in [-0.25, -0.2) is 0 Å². The third kappa shape index (κ3) is 1.63. The molecule has 0 spiro atoms. The van der Waals surface area contributed by atoms with Crippen molar-refractivity contribution in [2.45, 2.75) is 37.2 Å². The van der Waals surface area contributed by atoms with E-state index in [2.05, 4.69) is 35.3 Å². The number of aromatic nitrogens is 1. The van der Waals surface area contributed by atoms with Crippen molar-refractivity contribution in [2.75, 3.05) is 0 Å². The molecule has 2 aliphatic carbocycles. The van der Waals surface area contributed by atoms with Crippen LogP contribution in [0.2, 0.25) is 0 Å². The van der Waals surface area contributed by atoms with Gasteiger partial charge in [0.2, 0.25) is 0 Å². The third-order valence-electron chi connectivity index (χ3n) is 4.72. The van der Waals surface area contributed by atoms with Gasteiger partial charge in [-0.1, -0.05) is 30.3 Å². The van der Waals surface area contributed by atoms with Gasteiger partial charge in [0.15, 0.2) is 0 Å². The number of rotatable bonds is 2. The monoisotopic (exact) mass is 251 g/mol. The van der Waals surface area contributed by atoms with E-state index in [9.17, 15) is 5.11 Å². The van der Waals surface area contributed by atoms with Gasteiger partial charge in [-0.3, -0.25) is 4.98 Å². The Morgan fingerprint density at radius 1 is 1.05 bits per heavy atom. The molecule has 2 aromatic rings. The number of fused-ring (bicyclic) bond motifs is 2. The molecule has 4 rings (SSSR count). The van der Waals surface area contributed by atoms with Gasteiger partial charge in [-0.05, 0) is 42.0 Å². The Bertz CT molecular complexity index is 622. The first-order valence-electron chi connectivity index (χ1n) is 7.04. The Balaban J connectivity index is 1.62. The first-order valence-corrected chi connectivity index (χ1v) is 7.04. The summed E-state index contributed by atoms with van der Waals surface area (Å²) in [5, 5.41) is 10.7. The van der Waals surface area contributed by atoms with Crippen molar-refractivity contribution in [3.05, 3.63) is 65.0 Å². The second kappa shape index (κ2) is 4.17. The minimum Gasteiger partial charge on any atom is -0.392 e. The van der Waals surface area contributed by atoms with E-state index >= 15 is 0 Å². The molecular weight excluding hydrogens is 234 g/mol. The van der Waals surface area contributed by atoms with Crippen LogP contribution in [-0.4, -0.2) is 16.2 Å². The standard InChI is InChI=1S/C17H17NO/c19-17(15-10-12-4-1-2-6-13(12)15)14-8-7-11-5-3-9-18-16(11)14/h1-6,9,14-15,17,19H,7-8,10H2. The van der Waals surface area contributed by atoms with Crippen LogP contribution in [0.5, 0.6) is 0 Å². The van der Waals surface area contributed by atoms with Gasteiger partial charge in [0.1, 0.15) is 0 Å². The number of aryl methyl sites for hydroxylation is 1. The van der Waals surface area contributed by atoms with E-state index in [-0.39, 0.29) is 12.0 Å². The van der Waals surface area contributed by atoms with Gasteiger partial charge in [-0.15, -0.1) is 0 Å². The number of aliphatic hydroxyl groups is 1. The number of pyridine rings is 1. The lowest BCUT2D eigenvalue weighted by molar-refractivity contribution is 0.103. The molecule has 0 bridgehead atoms. The molecule has 2 heteroatoms. The molecule has 2 aliphatic rings. The maximum Gasteiger partial charge on any atom is 0.0695 e. The van der Waals surface area contributed by atoms with E-state index < -0.39 is 0 Å². The largest absolute Gasteiger partial charge is 0.392 e. The summed E-state index contributed by atoms with van der Waals surface area (Å²) >= 11 is 0. The first kappa shape index (κ1) is 11.2. The Morgan fingerprint density at radius 2 is 1.89 bits per heavy atom. The lowest BCUT2D eigenvalue weighted by Crippen LogP contribution is -2.33. The zero-order valence-corrected chi connectivity index (χ0v) is 10.8. The first-order chi connectivity index (χ1) is 9.34. The van der Waals surface area contributed by atoms with Gasteiger partial charge in [-0.2, -0.15) is 0 Å². The summed E-state index contributed by atoms with van der Waals surface area (Å²) in [4.78, 5) is 4.50. The Morgan fingerprint density at radius 3 is 2.79 bits per heavy atom. The summed E-state index contributed by atoms with van der Waals surface area (Å²) in [6.45, 7) is 0. The number of aliphatic hydroxyl groups excluding tert-OH is 1. The highest BCUT2D eigenvalue weighted by atomic mass is 16.3. The summed E-state index contributed by atoms with van der Waals surface area (Å²) in [6, 6.07) is 12.6. The van der Waals surface area contributed by atoms with Gasteiger partial charge >= 0.3 is 0 Å². The van der Waals surface area contributed by atoms with E-state index in [0.717, 1.165) is 25.0 Å². The van der Waals surface area contributed by atoms with Crippen LogP contribution in [0.15, 0.2) is 42.6 Å². The molecule has 19 heavy (non-hydrogen) atoms. The molecule has 0 amide bonds. The van der Waals surface area contributed by atoms with Gasteiger partial charge in [0, 0.05) is 23.7 Å². The molecule has 0 fully saturated rings. The van der Waals surface area contributed by atoms with Crippen LogP contribution in [0.25, 0.3) is 0 Å². The highest BCUT2D eigenvalue weighted by Crippen LogP contribution is 2.45. The predicted octanol–water partition coefficient (Wildman–Crippen LogP) is 2.81. The topological polar surface area (TPSA) is 33.1 Å². The quantitative estimate of drug-likeness (QED) is 0.890. The normalized spacial score (nSPS) is 25.3. The van der Waals surface area contributed by atoms with Crippen LogP contribution in [-0.2, 0) is 12.8 Å². The van der Waals surface area contributed by atoms with Crippen LogP contribution in [0.3, 0.4) is 0 Å². The molecule has 0 aliphatic heterocycles. The minimum atomic E-state index is -0.286. The fraction of sp³-hybridized carbons (Fsp3) is 0.353. The predicted molar refractivity (Wildman–Crippen MR) is 74.2 cm³/mol. The number of hydrogen-bond acceptors (Lipinski definition) is 2. The molecular formula is C17H17NO. The molecule has 96 valence electrons. The summed E-state index contributed by atoms with van der Waals surface area (Å²) in [7, 11) is 0. The molecule has 0 saturated carbocycles. The summed E-state index contributed by atoms with van der Waals surface area (Å²) in [5.41, 5.74) is 5.17. The lowest BCUT2D eigenvalue weighted by Gasteiger charge is -2.36. The summed E-state index contributed by atoms with van der Waals surface area (Å²) in [5.74, 6) is 0.517. The molecule has 1 aromatic carbocycles. The highest BCUT2D eigenvalue weighted by molar-refractivity contribution is 5.42. The Hall–Kier alpha value is -1.67. The van der Waals surface area contributed by atoms with E-state index in [1.807, 2.05) is 12.3 Å². The maximum atomic E-state index is 10.7. The van der Waals surface area contributed by atoms with Crippen molar-refractivity contribution in [1.82, 2.24) is 4.98 Å². The Labute approximate surface area is 113 Å². The van der Waals surface area contributed by atoms with E-state index in [1.54, 1.807) is 0 Å². The molecule has 0 saturated heterocycles. The summed E-state index contributed by atoms with van der Waals surface area (Å²) in [6.07, 6.45) is 4.66. The van der Waals surface area contributed by atoms with Crippen molar-refractivity contribution >= 4 is 0 Å². The van der Waals surface area contributed by atoms with Crippen LogP contribution < -0.4 is 0 Å². The zero-order chi connectivity index (χ0) is 12.8. The number of nitrogens with zero attached hydrogens (tertiary/aromatic N) is 1. The van der Waals surface area contributed by atoms with Crippen LogP contribution in [0, 0.1) is 0 Å². The van der Waals surface area contributed by atoms with Crippen molar-refractivity contribution in [1.29, 1.82) is 0 Å².